The Morgan fingerprint density at radius 1 is 1.62 bits per heavy atom. The van der Waals surface area contributed by atoms with Gasteiger partial charge < -0.3 is 20.9 Å². The Morgan fingerprint density at radius 2 is 2.38 bits per heavy atom. The van der Waals surface area contributed by atoms with Crippen LogP contribution in [0.15, 0.2) is 0 Å². The number of carbonyl (C=O) groups is 1. The van der Waals surface area contributed by atoms with E-state index in [0.717, 1.165) is 19.3 Å². The maximum atomic E-state index is 11.7. The molecule has 94 valence electrons. The highest BCUT2D eigenvalue weighted by molar-refractivity contribution is 5.79. The fraction of sp³-hybridized carbons (Fsp3) is 0.909. The van der Waals surface area contributed by atoms with Crippen LogP contribution in [-0.2, 0) is 9.53 Å². The van der Waals surface area contributed by atoms with Gasteiger partial charge in [0, 0.05) is 19.7 Å². The third kappa shape index (κ3) is 4.08. The molecule has 1 aliphatic rings. The van der Waals surface area contributed by atoms with Crippen molar-refractivity contribution in [3.8, 4) is 0 Å². The molecule has 0 aromatic heterocycles. The first-order valence-electron chi connectivity index (χ1n) is 5.85. The number of hydrogen-bond acceptors (Lipinski definition) is 4. The average Bonchev–Trinajstić information content (AvgIpc) is 2.64. The number of hydrogen-bond donors (Lipinski definition) is 3. The van der Waals surface area contributed by atoms with Gasteiger partial charge in [0.2, 0.25) is 5.91 Å². The molecule has 16 heavy (non-hydrogen) atoms. The van der Waals surface area contributed by atoms with Crippen molar-refractivity contribution >= 4 is 5.91 Å². The summed E-state index contributed by atoms with van der Waals surface area (Å²) in [4.78, 5) is 11.7. The van der Waals surface area contributed by atoms with E-state index in [9.17, 15) is 9.90 Å². The summed E-state index contributed by atoms with van der Waals surface area (Å²) in [6.45, 7) is 0.783. The van der Waals surface area contributed by atoms with Crippen LogP contribution in [0.2, 0.25) is 0 Å². The van der Waals surface area contributed by atoms with Gasteiger partial charge in [0.1, 0.15) is 0 Å². The summed E-state index contributed by atoms with van der Waals surface area (Å²) >= 11 is 0. The maximum absolute atomic E-state index is 11.7. The molecule has 0 radical (unpaired) electrons. The molecule has 3 atom stereocenters. The number of nitrogens with two attached hydrogens (primary N) is 1. The smallest absolute Gasteiger partial charge is 0.224 e. The van der Waals surface area contributed by atoms with E-state index in [-0.39, 0.29) is 17.9 Å². The Hall–Kier alpha value is -0.650. The molecule has 0 aromatic carbocycles. The van der Waals surface area contributed by atoms with Gasteiger partial charge >= 0.3 is 0 Å². The molecule has 0 aliphatic heterocycles. The molecule has 0 spiro atoms. The second kappa shape index (κ2) is 6.83. The first kappa shape index (κ1) is 13.4. The predicted octanol–water partition coefficient (Wildman–Crippen LogP) is -0.373. The van der Waals surface area contributed by atoms with E-state index in [1.165, 1.54) is 0 Å². The van der Waals surface area contributed by atoms with Crippen molar-refractivity contribution in [2.45, 2.75) is 37.8 Å². The fourth-order valence-electron chi connectivity index (χ4n) is 2.08. The number of aliphatic hydroxyl groups excluding tert-OH is 1. The third-order valence-electron chi connectivity index (χ3n) is 3.04. The van der Waals surface area contributed by atoms with Gasteiger partial charge in [-0.1, -0.05) is 6.42 Å². The van der Waals surface area contributed by atoms with Gasteiger partial charge in [-0.05, 0) is 19.3 Å². The number of ether oxygens (including phenoxy) is 1. The highest BCUT2D eigenvalue weighted by atomic mass is 16.5. The van der Waals surface area contributed by atoms with Crippen LogP contribution in [0.5, 0.6) is 0 Å². The van der Waals surface area contributed by atoms with Crippen LogP contribution in [0.1, 0.15) is 25.7 Å². The summed E-state index contributed by atoms with van der Waals surface area (Å²) in [6.07, 6.45) is 2.85. The molecule has 1 amide bonds. The Bertz CT molecular complexity index is 223. The maximum Gasteiger partial charge on any atom is 0.224 e. The van der Waals surface area contributed by atoms with Gasteiger partial charge in [-0.25, -0.2) is 0 Å². The van der Waals surface area contributed by atoms with E-state index in [0.29, 0.717) is 19.6 Å². The molecule has 0 heterocycles. The van der Waals surface area contributed by atoms with Gasteiger partial charge in [-0.2, -0.15) is 0 Å². The lowest BCUT2D eigenvalue weighted by Gasteiger charge is -2.16. The second-order valence-corrected chi connectivity index (χ2v) is 4.39. The van der Waals surface area contributed by atoms with Crippen LogP contribution in [0.3, 0.4) is 0 Å². The van der Waals surface area contributed by atoms with Crippen molar-refractivity contribution in [3.05, 3.63) is 0 Å². The zero-order valence-corrected chi connectivity index (χ0v) is 9.82. The van der Waals surface area contributed by atoms with Crippen LogP contribution in [0.4, 0.5) is 0 Å². The predicted molar refractivity (Wildman–Crippen MR) is 60.8 cm³/mol. The van der Waals surface area contributed by atoms with Gasteiger partial charge in [0.25, 0.3) is 0 Å². The molecule has 0 aromatic rings. The zero-order valence-electron chi connectivity index (χ0n) is 9.82. The molecule has 1 fully saturated rings. The summed E-state index contributed by atoms with van der Waals surface area (Å²) < 4.78 is 4.80. The van der Waals surface area contributed by atoms with E-state index in [4.69, 9.17) is 10.5 Å². The summed E-state index contributed by atoms with van der Waals surface area (Å²) in [6, 6.07) is 0.00361. The molecular weight excluding hydrogens is 208 g/mol. The monoisotopic (exact) mass is 230 g/mol. The third-order valence-corrected chi connectivity index (χ3v) is 3.04. The SMILES string of the molecule is COCC(O)CCNC(=O)C1CCCC1N. The fourth-order valence-corrected chi connectivity index (χ4v) is 2.08. The van der Waals surface area contributed by atoms with Crippen LogP contribution in [0.25, 0.3) is 0 Å². The molecule has 0 saturated heterocycles. The lowest BCUT2D eigenvalue weighted by Crippen LogP contribution is -2.39. The molecule has 4 N–H and O–H groups in total. The second-order valence-electron chi connectivity index (χ2n) is 4.39. The van der Waals surface area contributed by atoms with Crippen molar-refractivity contribution in [2.75, 3.05) is 20.3 Å². The molecule has 0 bridgehead atoms. The van der Waals surface area contributed by atoms with E-state index < -0.39 is 6.10 Å². The number of nitrogens with one attached hydrogen (secondary N) is 1. The highest BCUT2D eigenvalue weighted by Gasteiger charge is 2.29. The molecule has 1 saturated carbocycles. The summed E-state index contributed by atoms with van der Waals surface area (Å²) in [5, 5.41) is 12.2. The summed E-state index contributed by atoms with van der Waals surface area (Å²) in [5.41, 5.74) is 5.83. The van der Waals surface area contributed by atoms with Crippen molar-refractivity contribution in [1.29, 1.82) is 0 Å². The van der Waals surface area contributed by atoms with Crippen molar-refractivity contribution in [2.24, 2.45) is 11.7 Å². The van der Waals surface area contributed by atoms with Gasteiger partial charge in [0.05, 0.1) is 18.6 Å². The Morgan fingerprint density at radius 3 is 2.94 bits per heavy atom. The van der Waals surface area contributed by atoms with Gasteiger partial charge in [0.15, 0.2) is 0 Å². The van der Waals surface area contributed by atoms with Crippen molar-refractivity contribution in [3.63, 3.8) is 0 Å². The van der Waals surface area contributed by atoms with Crippen molar-refractivity contribution in [1.82, 2.24) is 5.32 Å². The number of carbonyl (C=O) groups excluding carboxylic acids is 1. The lowest BCUT2D eigenvalue weighted by molar-refractivity contribution is -0.125. The molecule has 5 heteroatoms. The first-order valence-corrected chi connectivity index (χ1v) is 5.85. The summed E-state index contributed by atoms with van der Waals surface area (Å²) in [7, 11) is 1.54. The largest absolute Gasteiger partial charge is 0.391 e. The number of rotatable bonds is 6. The molecule has 3 unspecified atom stereocenters. The van der Waals surface area contributed by atoms with Crippen LogP contribution in [0, 0.1) is 5.92 Å². The minimum absolute atomic E-state index is 0.00361. The Labute approximate surface area is 96.3 Å². The summed E-state index contributed by atoms with van der Waals surface area (Å²) in [5.74, 6) is -0.0193. The molecule has 1 rings (SSSR count). The standard InChI is InChI=1S/C11H22N2O3/c1-16-7-8(14)5-6-13-11(15)9-3-2-4-10(9)12/h8-10,14H,2-7,12H2,1H3,(H,13,15). The van der Waals surface area contributed by atoms with E-state index in [2.05, 4.69) is 5.32 Å². The first-order chi connectivity index (χ1) is 7.65. The van der Waals surface area contributed by atoms with Crippen LogP contribution >= 0.6 is 0 Å². The molecular formula is C11H22N2O3. The highest BCUT2D eigenvalue weighted by Crippen LogP contribution is 2.23. The Balaban J connectivity index is 2.15. The number of methoxy groups -OCH3 is 1. The van der Waals surface area contributed by atoms with Crippen molar-refractivity contribution < 1.29 is 14.6 Å². The number of aliphatic hydroxyl groups is 1. The lowest BCUT2D eigenvalue weighted by atomic mass is 10.0. The number of amides is 1. The average molecular weight is 230 g/mol. The normalized spacial score (nSPS) is 26.7. The van der Waals surface area contributed by atoms with E-state index in [1.54, 1.807) is 7.11 Å². The van der Waals surface area contributed by atoms with Crippen LogP contribution in [-0.4, -0.2) is 43.4 Å². The van der Waals surface area contributed by atoms with Crippen LogP contribution < -0.4 is 11.1 Å². The van der Waals surface area contributed by atoms with E-state index >= 15 is 0 Å². The molecule has 5 nitrogen and oxygen atoms in total. The molecule has 1 aliphatic carbocycles. The minimum Gasteiger partial charge on any atom is -0.391 e. The minimum atomic E-state index is -0.512. The topological polar surface area (TPSA) is 84.6 Å². The quantitative estimate of drug-likeness (QED) is 0.581. The van der Waals surface area contributed by atoms with Gasteiger partial charge in [-0.15, -0.1) is 0 Å². The van der Waals surface area contributed by atoms with E-state index in [1.807, 2.05) is 0 Å². The Kier molecular flexibility index (Phi) is 5.73. The zero-order chi connectivity index (χ0) is 12.0. The van der Waals surface area contributed by atoms with Gasteiger partial charge in [-0.3, -0.25) is 4.79 Å².